The third-order valence-corrected chi connectivity index (χ3v) is 7.07. The smallest absolute Gasteiger partial charge is 0.428 e. The molecule has 12 heteroatoms. The van der Waals surface area contributed by atoms with Crippen LogP contribution in [0.25, 0.3) is 0 Å². The molecule has 3 rings (SSSR count). The van der Waals surface area contributed by atoms with E-state index in [1.54, 1.807) is 0 Å². The second-order valence-corrected chi connectivity index (χ2v) is 10.7. The van der Waals surface area contributed by atoms with Crippen LogP contribution < -0.4 is 0 Å². The van der Waals surface area contributed by atoms with Crippen LogP contribution in [-0.2, 0) is 32.2 Å². The Labute approximate surface area is 227 Å². The number of hydrogen-bond donors (Lipinski definition) is 1. The molecule has 2 aromatic carbocycles. The van der Waals surface area contributed by atoms with Gasteiger partial charge in [0.25, 0.3) is 0 Å². The third-order valence-electron chi connectivity index (χ3n) is 7.07. The minimum Gasteiger partial charge on any atom is -0.428 e. The van der Waals surface area contributed by atoms with Crippen LogP contribution >= 0.6 is 0 Å². The number of ether oxygens (including phenoxy) is 2. The number of nitrogens with zero attached hydrogens (tertiary/aromatic N) is 1. The number of esters is 1. The molecule has 0 unspecified atom stereocenters. The zero-order valence-electron chi connectivity index (χ0n) is 22.4. The number of carbonyl (C=O) groups excluding carboxylic acids is 2. The number of likely N-dealkylation sites (tertiary alicyclic amines) is 1. The van der Waals surface area contributed by atoms with Gasteiger partial charge in [-0.25, -0.2) is 4.79 Å². The van der Waals surface area contributed by atoms with E-state index in [1.807, 2.05) is 11.8 Å². The molecule has 0 spiro atoms. The molecule has 0 radical (unpaired) electrons. The predicted molar refractivity (Wildman–Crippen MR) is 132 cm³/mol. The second-order valence-electron chi connectivity index (χ2n) is 10.7. The van der Waals surface area contributed by atoms with Gasteiger partial charge >= 0.3 is 24.5 Å². The highest BCUT2D eigenvalue weighted by atomic mass is 19.4. The maximum Gasteiger partial charge on any atom is 0.516 e. The molecule has 6 nitrogen and oxygen atoms in total. The fraction of sp³-hybridized carbons (Fsp3) is 0.500. The zero-order chi connectivity index (χ0) is 30.1. The molecule has 220 valence electrons. The number of carbonyl (C=O) groups is 2. The van der Waals surface area contributed by atoms with Crippen molar-refractivity contribution in [3.63, 3.8) is 0 Å². The molecular formula is C28H31F6NO5. The summed E-state index contributed by atoms with van der Waals surface area (Å²) < 4.78 is 90.0. The standard InChI is InChI=1S/C28H31F6NO5/c1-5-35-16-14-25(15-17-35,22(36)39-23(37)40-24(2,3)4)26(38,18-6-10-20(11-7-18)27(29,30)31)19-8-12-21(13-9-19)28(32,33)34/h6-13,38H,5,14-17H2,1-4H3. The summed E-state index contributed by atoms with van der Waals surface area (Å²) in [5.41, 5.74) is -7.94. The van der Waals surface area contributed by atoms with Crippen LogP contribution in [0.4, 0.5) is 31.1 Å². The number of piperidine rings is 1. The average molecular weight is 576 g/mol. The van der Waals surface area contributed by atoms with Gasteiger partial charge in [-0.2, -0.15) is 26.3 Å². The summed E-state index contributed by atoms with van der Waals surface area (Å²) in [6.45, 7) is 7.51. The largest absolute Gasteiger partial charge is 0.516 e. The first-order valence-corrected chi connectivity index (χ1v) is 12.6. The number of hydrogen-bond acceptors (Lipinski definition) is 6. The van der Waals surface area contributed by atoms with Crippen molar-refractivity contribution in [2.75, 3.05) is 19.6 Å². The zero-order valence-corrected chi connectivity index (χ0v) is 22.4. The molecule has 0 amide bonds. The fourth-order valence-electron chi connectivity index (χ4n) is 4.93. The van der Waals surface area contributed by atoms with Crippen LogP contribution in [0.3, 0.4) is 0 Å². The van der Waals surface area contributed by atoms with Crippen molar-refractivity contribution in [2.24, 2.45) is 5.41 Å². The van der Waals surface area contributed by atoms with Gasteiger partial charge in [-0.3, -0.25) is 4.79 Å². The lowest BCUT2D eigenvalue weighted by atomic mass is 9.60. The van der Waals surface area contributed by atoms with Crippen molar-refractivity contribution in [3.8, 4) is 0 Å². The van der Waals surface area contributed by atoms with E-state index in [-0.39, 0.29) is 37.1 Å². The molecule has 1 fully saturated rings. The third kappa shape index (κ3) is 6.43. The second kappa shape index (κ2) is 11.0. The van der Waals surface area contributed by atoms with Crippen LogP contribution in [0.5, 0.6) is 0 Å². The van der Waals surface area contributed by atoms with E-state index in [1.165, 1.54) is 20.8 Å². The number of benzene rings is 2. The Morgan fingerprint density at radius 3 is 1.50 bits per heavy atom. The van der Waals surface area contributed by atoms with Crippen LogP contribution in [0, 0.1) is 5.41 Å². The Morgan fingerprint density at radius 1 is 0.800 bits per heavy atom. The van der Waals surface area contributed by atoms with E-state index < -0.39 is 52.2 Å². The van der Waals surface area contributed by atoms with Gasteiger partial charge in [0.15, 0.2) is 0 Å². The Bertz CT molecular complexity index is 1130. The van der Waals surface area contributed by atoms with Crippen LogP contribution in [0.1, 0.15) is 62.8 Å². The average Bonchev–Trinajstić information content (AvgIpc) is 2.86. The summed E-state index contributed by atoms with van der Waals surface area (Å²) >= 11 is 0. The highest BCUT2D eigenvalue weighted by Gasteiger charge is 2.60. The molecule has 0 saturated carbocycles. The quantitative estimate of drug-likeness (QED) is 0.248. The minimum absolute atomic E-state index is 0.124. The van der Waals surface area contributed by atoms with E-state index in [4.69, 9.17) is 9.47 Å². The SMILES string of the molecule is CCN1CCC(C(=O)OC(=O)OC(C)(C)C)(C(O)(c2ccc(C(F)(F)F)cc2)c2ccc(C(F)(F)F)cc2)CC1. The molecule has 1 aliphatic heterocycles. The molecular weight excluding hydrogens is 544 g/mol. The van der Waals surface area contributed by atoms with Crippen molar-refractivity contribution in [2.45, 2.75) is 64.1 Å². The first-order valence-electron chi connectivity index (χ1n) is 12.6. The normalized spacial score (nSPS) is 16.9. The molecule has 1 aliphatic rings. The molecule has 0 bridgehead atoms. The molecule has 1 N–H and O–H groups in total. The van der Waals surface area contributed by atoms with Gasteiger partial charge in [0.1, 0.15) is 16.6 Å². The number of alkyl halides is 6. The summed E-state index contributed by atoms with van der Waals surface area (Å²) in [6, 6.07) is 6.70. The molecule has 1 heterocycles. The molecule has 2 aromatic rings. The highest BCUT2D eigenvalue weighted by Crippen LogP contribution is 2.53. The summed E-state index contributed by atoms with van der Waals surface area (Å²) in [5.74, 6) is -1.21. The van der Waals surface area contributed by atoms with Gasteiger partial charge in [-0.1, -0.05) is 31.2 Å². The fourth-order valence-corrected chi connectivity index (χ4v) is 4.93. The Kier molecular flexibility index (Phi) is 8.67. The van der Waals surface area contributed by atoms with Gasteiger partial charge in [0.05, 0.1) is 11.1 Å². The molecule has 40 heavy (non-hydrogen) atoms. The number of rotatable bonds is 5. The van der Waals surface area contributed by atoms with Crippen LogP contribution in [0.15, 0.2) is 48.5 Å². The summed E-state index contributed by atoms with van der Waals surface area (Å²) in [4.78, 5) is 28.2. The maximum absolute atomic E-state index is 13.8. The van der Waals surface area contributed by atoms with Crippen LogP contribution in [0.2, 0.25) is 0 Å². The number of aliphatic hydroxyl groups is 1. The molecule has 0 atom stereocenters. The Hall–Kier alpha value is -3.12. The molecule has 0 aromatic heterocycles. The van der Waals surface area contributed by atoms with Crippen molar-refractivity contribution in [1.82, 2.24) is 4.90 Å². The van der Waals surface area contributed by atoms with E-state index in [0.717, 1.165) is 24.3 Å². The van der Waals surface area contributed by atoms with Crippen molar-refractivity contribution in [3.05, 3.63) is 70.8 Å². The summed E-state index contributed by atoms with van der Waals surface area (Å²) in [7, 11) is 0. The lowest BCUT2D eigenvalue weighted by molar-refractivity contribution is -0.177. The summed E-state index contributed by atoms with van der Waals surface area (Å²) in [5, 5.41) is 12.5. The van der Waals surface area contributed by atoms with Crippen molar-refractivity contribution >= 4 is 12.1 Å². The van der Waals surface area contributed by atoms with E-state index in [9.17, 15) is 41.0 Å². The van der Waals surface area contributed by atoms with Gasteiger partial charge < -0.3 is 19.5 Å². The first kappa shape index (κ1) is 31.4. The van der Waals surface area contributed by atoms with Gasteiger partial charge in [-0.15, -0.1) is 0 Å². The number of halogens is 6. The van der Waals surface area contributed by atoms with Gasteiger partial charge in [-0.05, 0) is 88.6 Å². The Morgan fingerprint density at radius 2 is 1.18 bits per heavy atom. The lowest BCUT2D eigenvalue weighted by Crippen LogP contribution is -2.58. The predicted octanol–water partition coefficient (Wildman–Crippen LogP) is 6.54. The monoisotopic (exact) mass is 575 g/mol. The van der Waals surface area contributed by atoms with Crippen LogP contribution in [-0.4, -0.2) is 47.4 Å². The van der Waals surface area contributed by atoms with Crippen molar-refractivity contribution in [1.29, 1.82) is 0 Å². The molecule has 1 saturated heterocycles. The van der Waals surface area contributed by atoms with E-state index in [2.05, 4.69) is 0 Å². The topological polar surface area (TPSA) is 76.1 Å². The molecule has 0 aliphatic carbocycles. The first-order chi connectivity index (χ1) is 18.3. The minimum atomic E-state index is -4.70. The van der Waals surface area contributed by atoms with E-state index in [0.29, 0.717) is 30.8 Å². The van der Waals surface area contributed by atoms with Gasteiger partial charge in [0.2, 0.25) is 0 Å². The maximum atomic E-state index is 13.8. The van der Waals surface area contributed by atoms with E-state index >= 15 is 0 Å². The lowest BCUT2D eigenvalue weighted by Gasteiger charge is -2.49. The van der Waals surface area contributed by atoms with Gasteiger partial charge in [0, 0.05) is 0 Å². The Balaban J connectivity index is 2.23. The summed E-state index contributed by atoms with van der Waals surface area (Å²) in [6.07, 6.45) is -11.0. The van der Waals surface area contributed by atoms with Crippen molar-refractivity contribution < 1.29 is 50.5 Å². The highest BCUT2D eigenvalue weighted by molar-refractivity contribution is 5.88.